The molecule has 0 saturated carbocycles. The van der Waals surface area contributed by atoms with Crippen LogP contribution in [0.2, 0.25) is 0 Å². The van der Waals surface area contributed by atoms with E-state index in [2.05, 4.69) is 10.2 Å². The number of hydrogen-bond donors (Lipinski definition) is 1. The summed E-state index contributed by atoms with van der Waals surface area (Å²) in [5, 5.41) is 17.5. The Morgan fingerprint density at radius 3 is 2.44 bits per heavy atom. The summed E-state index contributed by atoms with van der Waals surface area (Å²) >= 11 is 1.41. The topological polar surface area (TPSA) is 59.2 Å². The molecule has 0 bridgehead atoms. The predicted molar refractivity (Wildman–Crippen MR) is 60.2 cm³/mol. The molecule has 1 heterocycles. The highest BCUT2D eigenvalue weighted by molar-refractivity contribution is 7.99. The van der Waals surface area contributed by atoms with Gasteiger partial charge in [-0.25, -0.2) is 0 Å². The third kappa shape index (κ3) is 2.62. The van der Waals surface area contributed by atoms with E-state index in [1.165, 1.54) is 11.8 Å². The van der Waals surface area contributed by atoms with Gasteiger partial charge in [-0.3, -0.25) is 0 Å². The minimum atomic E-state index is -0.440. The molecule has 1 N–H and O–H groups in total. The van der Waals surface area contributed by atoms with Gasteiger partial charge >= 0.3 is 0 Å². The standard InChI is InChI=1S/C11H12N2O2S/c1-7(14)9-3-5-10(6-4-9)16-11-13-12-8(2)15-11/h3-7,14H,1-2H3. The highest BCUT2D eigenvalue weighted by Crippen LogP contribution is 2.27. The van der Waals surface area contributed by atoms with Gasteiger partial charge in [0.1, 0.15) is 0 Å². The fourth-order valence-corrected chi connectivity index (χ4v) is 1.95. The van der Waals surface area contributed by atoms with Crippen LogP contribution in [0.3, 0.4) is 0 Å². The molecule has 0 aliphatic rings. The van der Waals surface area contributed by atoms with Crippen LogP contribution in [0, 0.1) is 6.92 Å². The molecule has 2 aromatic rings. The SMILES string of the molecule is Cc1nnc(Sc2ccc(C(C)O)cc2)o1. The Morgan fingerprint density at radius 2 is 1.94 bits per heavy atom. The van der Waals surface area contributed by atoms with Crippen LogP contribution >= 0.6 is 11.8 Å². The zero-order chi connectivity index (χ0) is 11.5. The first kappa shape index (κ1) is 11.2. The van der Waals surface area contributed by atoms with E-state index in [4.69, 9.17) is 4.42 Å². The minimum Gasteiger partial charge on any atom is -0.416 e. The predicted octanol–water partition coefficient (Wildman–Crippen LogP) is 2.58. The van der Waals surface area contributed by atoms with Crippen molar-refractivity contribution in [2.75, 3.05) is 0 Å². The third-order valence-corrected chi connectivity index (χ3v) is 2.92. The lowest BCUT2D eigenvalue weighted by atomic mass is 10.1. The van der Waals surface area contributed by atoms with E-state index in [-0.39, 0.29) is 0 Å². The molecule has 16 heavy (non-hydrogen) atoms. The maximum Gasteiger partial charge on any atom is 0.281 e. The first-order valence-electron chi connectivity index (χ1n) is 4.91. The zero-order valence-corrected chi connectivity index (χ0v) is 9.86. The summed E-state index contributed by atoms with van der Waals surface area (Å²) in [5.74, 6) is 0.558. The largest absolute Gasteiger partial charge is 0.416 e. The van der Waals surface area contributed by atoms with Crippen molar-refractivity contribution in [3.63, 3.8) is 0 Å². The lowest BCUT2D eigenvalue weighted by Gasteiger charge is -2.04. The Bertz CT molecular complexity index is 465. The van der Waals surface area contributed by atoms with E-state index < -0.39 is 6.10 Å². The highest BCUT2D eigenvalue weighted by Gasteiger charge is 2.05. The second-order valence-electron chi connectivity index (χ2n) is 3.43. The van der Waals surface area contributed by atoms with Gasteiger partial charge < -0.3 is 9.52 Å². The van der Waals surface area contributed by atoms with E-state index >= 15 is 0 Å². The summed E-state index contributed by atoms with van der Waals surface area (Å²) in [6.45, 7) is 3.50. The molecule has 0 fully saturated rings. The normalized spacial score (nSPS) is 12.7. The van der Waals surface area contributed by atoms with E-state index in [1.807, 2.05) is 24.3 Å². The molecular formula is C11H12N2O2S. The monoisotopic (exact) mass is 236 g/mol. The number of hydrogen-bond acceptors (Lipinski definition) is 5. The lowest BCUT2D eigenvalue weighted by molar-refractivity contribution is 0.199. The number of aromatic nitrogens is 2. The minimum absolute atomic E-state index is 0.440. The van der Waals surface area contributed by atoms with Crippen LogP contribution < -0.4 is 0 Å². The fraction of sp³-hybridized carbons (Fsp3) is 0.273. The maximum absolute atomic E-state index is 9.36. The summed E-state index contributed by atoms with van der Waals surface area (Å²) in [5.41, 5.74) is 0.894. The van der Waals surface area contributed by atoms with E-state index in [1.54, 1.807) is 13.8 Å². The summed E-state index contributed by atoms with van der Waals surface area (Å²) in [6, 6.07) is 7.62. The van der Waals surface area contributed by atoms with Crippen molar-refractivity contribution in [2.24, 2.45) is 0 Å². The van der Waals surface area contributed by atoms with Gasteiger partial charge in [0, 0.05) is 11.8 Å². The molecule has 1 atom stereocenters. The van der Waals surface area contributed by atoms with Crippen molar-refractivity contribution in [3.05, 3.63) is 35.7 Å². The van der Waals surface area contributed by atoms with Crippen molar-refractivity contribution >= 4 is 11.8 Å². The molecule has 5 heteroatoms. The second kappa shape index (κ2) is 4.67. The Balaban J connectivity index is 2.11. The number of rotatable bonds is 3. The molecule has 4 nitrogen and oxygen atoms in total. The molecule has 0 saturated heterocycles. The molecule has 0 radical (unpaired) electrons. The number of aliphatic hydroxyl groups excluding tert-OH is 1. The molecule has 84 valence electrons. The molecule has 0 spiro atoms. The maximum atomic E-state index is 9.36. The third-order valence-electron chi connectivity index (χ3n) is 2.08. The van der Waals surface area contributed by atoms with Crippen molar-refractivity contribution in [1.82, 2.24) is 10.2 Å². The van der Waals surface area contributed by atoms with Gasteiger partial charge in [0.15, 0.2) is 0 Å². The van der Waals surface area contributed by atoms with E-state index in [0.717, 1.165) is 10.5 Å². The van der Waals surface area contributed by atoms with Gasteiger partial charge in [-0.1, -0.05) is 12.1 Å². The van der Waals surface area contributed by atoms with Crippen molar-refractivity contribution < 1.29 is 9.52 Å². The van der Waals surface area contributed by atoms with Crippen LogP contribution in [-0.2, 0) is 0 Å². The van der Waals surface area contributed by atoms with E-state index in [0.29, 0.717) is 11.1 Å². The van der Waals surface area contributed by atoms with Crippen LogP contribution in [0.15, 0.2) is 38.8 Å². The van der Waals surface area contributed by atoms with Crippen molar-refractivity contribution in [3.8, 4) is 0 Å². The molecule has 0 aliphatic heterocycles. The average molecular weight is 236 g/mol. The van der Waals surface area contributed by atoms with Gasteiger partial charge in [-0.2, -0.15) is 0 Å². The van der Waals surface area contributed by atoms with Gasteiger partial charge in [0.2, 0.25) is 5.89 Å². The Morgan fingerprint density at radius 1 is 1.25 bits per heavy atom. The van der Waals surface area contributed by atoms with Crippen LogP contribution in [0.5, 0.6) is 0 Å². The molecular weight excluding hydrogens is 224 g/mol. The zero-order valence-electron chi connectivity index (χ0n) is 9.04. The first-order chi connectivity index (χ1) is 7.65. The summed E-state index contributed by atoms with van der Waals surface area (Å²) in [7, 11) is 0. The summed E-state index contributed by atoms with van der Waals surface area (Å²) in [4.78, 5) is 1.01. The molecule has 0 amide bonds. The van der Waals surface area contributed by atoms with Crippen molar-refractivity contribution in [2.45, 2.75) is 30.1 Å². The Labute approximate surface area is 97.7 Å². The van der Waals surface area contributed by atoms with E-state index in [9.17, 15) is 5.11 Å². The lowest BCUT2D eigenvalue weighted by Crippen LogP contribution is -1.89. The smallest absolute Gasteiger partial charge is 0.281 e. The van der Waals surface area contributed by atoms with Crippen molar-refractivity contribution in [1.29, 1.82) is 0 Å². The summed E-state index contributed by atoms with van der Waals surface area (Å²) in [6.07, 6.45) is -0.440. The van der Waals surface area contributed by atoms with Crippen LogP contribution in [0.25, 0.3) is 0 Å². The quantitative estimate of drug-likeness (QED) is 0.887. The molecule has 1 aromatic heterocycles. The van der Waals surface area contributed by atoms with Gasteiger partial charge in [0.05, 0.1) is 6.10 Å². The molecule has 0 aliphatic carbocycles. The van der Waals surface area contributed by atoms with Crippen LogP contribution in [0.4, 0.5) is 0 Å². The molecule has 2 rings (SSSR count). The van der Waals surface area contributed by atoms with Crippen LogP contribution in [-0.4, -0.2) is 15.3 Å². The van der Waals surface area contributed by atoms with Gasteiger partial charge in [0.25, 0.3) is 5.22 Å². The first-order valence-corrected chi connectivity index (χ1v) is 5.73. The van der Waals surface area contributed by atoms with Crippen LogP contribution in [0.1, 0.15) is 24.5 Å². The molecule has 1 aromatic carbocycles. The number of aryl methyl sites for hydroxylation is 1. The fourth-order valence-electron chi connectivity index (χ4n) is 1.23. The average Bonchev–Trinajstić information content (AvgIpc) is 2.65. The summed E-state index contributed by atoms with van der Waals surface area (Å²) < 4.78 is 5.26. The Kier molecular flexibility index (Phi) is 3.26. The molecule has 1 unspecified atom stereocenters. The van der Waals surface area contributed by atoms with Gasteiger partial charge in [-0.15, -0.1) is 10.2 Å². The Hall–Kier alpha value is -1.33. The van der Waals surface area contributed by atoms with Gasteiger partial charge in [-0.05, 0) is 36.4 Å². The number of aliphatic hydroxyl groups is 1. The highest BCUT2D eigenvalue weighted by atomic mass is 32.2. The second-order valence-corrected chi connectivity index (χ2v) is 4.46. The number of nitrogens with zero attached hydrogens (tertiary/aromatic N) is 2. The number of benzene rings is 1.